The molecule has 1 atom stereocenters. The van der Waals surface area contributed by atoms with Crippen molar-refractivity contribution in [3.63, 3.8) is 0 Å². The Balaban J connectivity index is 2.38. The number of hydrogen-bond donors (Lipinski definition) is 1. The molecule has 3 heteroatoms. The van der Waals surface area contributed by atoms with E-state index in [2.05, 4.69) is 54.5 Å². The average molecular weight is 283 g/mol. The fourth-order valence-electron chi connectivity index (χ4n) is 3.03. The third-order valence-corrected chi connectivity index (χ3v) is 4.11. The lowest BCUT2D eigenvalue weighted by Crippen LogP contribution is -2.21. The number of aromatic nitrogens is 2. The monoisotopic (exact) mass is 283 g/mol. The van der Waals surface area contributed by atoms with Crippen molar-refractivity contribution in [3.05, 3.63) is 57.4 Å². The molecule has 1 heterocycles. The van der Waals surface area contributed by atoms with E-state index < -0.39 is 0 Å². The molecule has 2 rings (SSSR count). The van der Waals surface area contributed by atoms with Crippen LogP contribution in [0.1, 0.15) is 45.2 Å². The predicted octanol–water partition coefficient (Wildman–Crippen LogP) is 3.52. The summed E-state index contributed by atoms with van der Waals surface area (Å²) < 4.78 is 0. The topological polar surface area (TPSA) is 37.8 Å². The van der Waals surface area contributed by atoms with Crippen LogP contribution >= 0.6 is 0 Å². The molecule has 3 nitrogen and oxygen atoms in total. The van der Waals surface area contributed by atoms with E-state index in [4.69, 9.17) is 0 Å². The van der Waals surface area contributed by atoms with E-state index in [1.807, 2.05) is 20.9 Å². The summed E-state index contributed by atoms with van der Waals surface area (Å²) in [5.74, 6) is 0. The van der Waals surface area contributed by atoms with Crippen LogP contribution in [0.2, 0.25) is 0 Å². The van der Waals surface area contributed by atoms with Crippen molar-refractivity contribution in [1.82, 2.24) is 15.5 Å². The van der Waals surface area contributed by atoms with E-state index in [0.29, 0.717) is 0 Å². The quantitative estimate of drug-likeness (QED) is 0.933. The number of aryl methyl sites for hydroxylation is 5. The van der Waals surface area contributed by atoms with Gasteiger partial charge in [-0.2, -0.15) is 10.2 Å². The molecule has 0 saturated carbocycles. The number of benzene rings is 1. The summed E-state index contributed by atoms with van der Waals surface area (Å²) in [6.07, 6.45) is 0.973. The lowest BCUT2D eigenvalue weighted by molar-refractivity contribution is 0.579. The highest BCUT2D eigenvalue weighted by Gasteiger charge is 2.16. The Bertz CT molecular complexity index is 624. The van der Waals surface area contributed by atoms with Gasteiger partial charge in [0.1, 0.15) is 0 Å². The fourth-order valence-corrected chi connectivity index (χ4v) is 3.03. The Morgan fingerprint density at radius 1 is 0.952 bits per heavy atom. The van der Waals surface area contributed by atoms with Crippen molar-refractivity contribution in [2.24, 2.45) is 0 Å². The first-order valence-corrected chi connectivity index (χ1v) is 7.47. The lowest BCUT2D eigenvalue weighted by atomic mass is 9.91. The smallest absolute Gasteiger partial charge is 0.0648 e. The van der Waals surface area contributed by atoms with Gasteiger partial charge >= 0.3 is 0 Å². The normalized spacial score (nSPS) is 12.5. The van der Waals surface area contributed by atoms with Gasteiger partial charge in [0.25, 0.3) is 0 Å². The van der Waals surface area contributed by atoms with E-state index in [-0.39, 0.29) is 6.04 Å². The molecule has 0 radical (unpaired) electrons. The SMILES string of the molecule is CNC(Cc1c(C)cc(C)cc1C)c1cc(C)nnc1C. The largest absolute Gasteiger partial charge is 0.313 e. The van der Waals surface area contributed by atoms with Crippen molar-refractivity contribution in [2.45, 2.75) is 47.1 Å². The zero-order valence-corrected chi connectivity index (χ0v) is 13.9. The molecule has 0 fully saturated rings. The molecule has 0 amide bonds. The van der Waals surface area contributed by atoms with E-state index in [1.165, 1.54) is 27.8 Å². The molecular formula is C18H25N3. The highest BCUT2D eigenvalue weighted by Crippen LogP contribution is 2.25. The van der Waals surface area contributed by atoms with Gasteiger partial charge < -0.3 is 5.32 Å². The Morgan fingerprint density at radius 2 is 1.57 bits per heavy atom. The van der Waals surface area contributed by atoms with Crippen LogP contribution in [-0.2, 0) is 6.42 Å². The molecule has 0 aliphatic rings. The van der Waals surface area contributed by atoms with Gasteiger partial charge in [0, 0.05) is 6.04 Å². The minimum Gasteiger partial charge on any atom is -0.313 e. The van der Waals surface area contributed by atoms with Crippen LogP contribution < -0.4 is 5.32 Å². The van der Waals surface area contributed by atoms with E-state index in [1.54, 1.807) is 0 Å². The van der Waals surface area contributed by atoms with Crippen molar-refractivity contribution < 1.29 is 0 Å². The van der Waals surface area contributed by atoms with Gasteiger partial charge in [0.2, 0.25) is 0 Å². The molecule has 0 saturated heterocycles. The molecule has 112 valence electrons. The summed E-state index contributed by atoms with van der Waals surface area (Å²) >= 11 is 0. The lowest BCUT2D eigenvalue weighted by Gasteiger charge is -2.21. The summed E-state index contributed by atoms with van der Waals surface area (Å²) in [4.78, 5) is 0. The molecule has 21 heavy (non-hydrogen) atoms. The fraction of sp³-hybridized carbons (Fsp3) is 0.444. The van der Waals surface area contributed by atoms with Gasteiger partial charge in [-0.25, -0.2) is 0 Å². The third-order valence-electron chi connectivity index (χ3n) is 4.11. The second kappa shape index (κ2) is 6.35. The molecule has 1 aromatic carbocycles. The molecule has 0 aliphatic carbocycles. The van der Waals surface area contributed by atoms with Gasteiger partial charge in [-0.1, -0.05) is 17.7 Å². The maximum atomic E-state index is 4.26. The van der Waals surface area contributed by atoms with Gasteiger partial charge in [0.05, 0.1) is 11.4 Å². The van der Waals surface area contributed by atoms with Crippen LogP contribution in [0, 0.1) is 34.6 Å². The maximum Gasteiger partial charge on any atom is 0.0648 e. The average Bonchev–Trinajstić information content (AvgIpc) is 2.41. The standard InChI is InChI=1S/C18H25N3/c1-11-7-12(2)16(13(3)8-11)10-18(19-6)17-9-14(4)20-21-15(17)5/h7-9,18-19H,10H2,1-6H3. The predicted molar refractivity (Wildman–Crippen MR) is 87.7 cm³/mol. The molecule has 1 aromatic heterocycles. The molecule has 0 aliphatic heterocycles. The maximum absolute atomic E-state index is 4.26. The van der Waals surface area contributed by atoms with E-state index in [9.17, 15) is 0 Å². The summed E-state index contributed by atoms with van der Waals surface area (Å²) in [5, 5.41) is 11.8. The second-order valence-corrected chi connectivity index (χ2v) is 5.95. The van der Waals surface area contributed by atoms with Gasteiger partial charge in [0.15, 0.2) is 0 Å². The first-order valence-electron chi connectivity index (χ1n) is 7.47. The summed E-state index contributed by atoms with van der Waals surface area (Å²) in [6.45, 7) is 10.6. The number of nitrogens with zero attached hydrogens (tertiary/aromatic N) is 2. The number of rotatable bonds is 4. The first-order chi connectivity index (χ1) is 9.92. The number of likely N-dealkylation sites (N-methyl/N-ethyl adjacent to an activating group) is 1. The van der Waals surface area contributed by atoms with E-state index >= 15 is 0 Å². The van der Waals surface area contributed by atoms with Crippen LogP contribution in [0.25, 0.3) is 0 Å². The number of hydrogen-bond acceptors (Lipinski definition) is 3. The molecule has 1 N–H and O–H groups in total. The highest BCUT2D eigenvalue weighted by molar-refractivity contribution is 5.39. The zero-order chi connectivity index (χ0) is 15.6. The van der Waals surface area contributed by atoms with Crippen molar-refractivity contribution in [3.8, 4) is 0 Å². The summed E-state index contributed by atoms with van der Waals surface area (Å²) in [5.41, 5.74) is 8.69. The van der Waals surface area contributed by atoms with E-state index in [0.717, 1.165) is 17.8 Å². The molecule has 0 spiro atoms. The van der Waals surface area contributed by atoms with Gasteiger partial charge in [-0.15, -0.1) is 0 Å². The molecule has 1 unspecified atom stereocenters. The third kappa shape index (κ3) is 3.48. The Hall–Kier alpha value is -1.74. The Kier molecular flexibility index (Phi) is 4.73. The van der Waals surface area contributed by atoms with Crippen LogP contribution in [-0.4, -0.2) is 17.2 Å². The zero-order valence-electron chi connectivity index (χ0n) is 13.9. The second-order valence-electron chi connectivity index (χ2n) is 5.95. The van der Waals surface area contributed by atoms with Crippen molar-refractivity contribution >= 4 is 0 Å². The minimum absolute atomic E-state index is 0.263. The van der Waals surface area contributed by atoms with Gasteiger partial charge in [-0.3, -0.25) is 0 Å². The summed E-state index contributed by atoms with van der Waals surface area (Å²) in [7, 11) is 2.01. The Morgan fingerprint density at radius 3 is 2.14 bits per heavy atom. The molecule has 2 aromatic rings. The van der Waals surface area contributed by atoms with Crippen molar-refractivity contribution in [1.29, 1.82) is 0 Å². The first kappa shape index (κ1) is 15.6. The summed E-state index contributed by atoms with van der Waals surface area (Å²) in [6, 6.07) is 6.93. The van der Waals surface area contributed by atoms with Crippen LogP contribution in [0.4, 0.5) is 0 Å². The van der Waals surface area contributed by atoms with Crippen LogP contribution in [0.15, 0.2) is 18.2 Å². The van der Waals surface area contributed by atoms with Gasteiger partial charge in [-0.05, 0) is 76.4 Å². The minimum atomic E-state index is 0.263. The number of nitrogens with one attached hydrogen (secondary N) is 1. The van der Waals surface area contributed by atoms with Crippen molar-refractivity contribution in [2.75, 3.05) is 7.05 Å². The Labute approximate surface area is 127 Å². The highest BCUT2D eigenvalue weighted by atomic mass is 15.1. The van der Waals surface area contributed by atoms with Crippen LogP contribution in [0.5, 0.6) is 0 Å². The molecular weight excluding hydrogens is 258 g/mol. The molecule has 0 bridgehead atoms. The van der Waals surface area contributed by atoms with Crippen LogP contribution in [0.3, 0.4) is 0 Å².